The maximum Gasteiger partial charge on any atom is 0.321 e. The third-order valence-corrected chi connectivity index (χ3v) is 5.76. The lowest BCUT2D eigenvalue weighted by Crippen LogP contribution is -2.50. The van der Waals surface area contributed by atoms with E-state index in [1.807, 2.05) is 38.1 Å². The number of urea groups is 1. The van der Waals surface area contributed by atoms with E-state index in [4.69, 9.17) is 4.74 Å². The van der Waals surface area contributed by atoms with Gasteiger partial charge in [0.1, 0.15) is 5.75 Å². The van der Waals surface area contributed by atoms with Crippen LogP contribution in [0.1, 0.15) is 34.6 Å². The van der Waals surface area contributed by atoms with Crippen molar-refractivity contribution in [2.24, 2.45) is 5.92 Å². The van der Waals surface area contributed by atoms with Crippen LogP contribution in [0.4, 0.5) is 16.2 Å². The molecule has 1 fully saturated rings. The Bertz CT molecular complexity index is 1040. The van der Waals surface area contributed by atoms with Crippen molar-refractivity contribution in [3.05, 3.63) is 53.6 Å². The molecule has 8 nitrogen and oxygen atoms in total. The molecule has 2 heterocycles. The average molecular weight is 437 g/mol. The van der Waals surface area contributed by atoms with Gasteiger partial charge < -0.3 is 19.9 Å². The third kappa shape index (κ3) is 4.12. The van der Waals surface area contributed by atoms with E-state index in [0.29, 0.717) is 49.5 Å². The molecule has 2 aliphatic heterocycles. The van der Waals surface area contributed by atoms with E-state index in [-0.39, 0.29) is 23.8 Å². The van der Waals surface area contributed by atoms with E-state index < -0.39 is 0 Å². The number of methoxy groups -OCH3 is 1. The molecule has 0 atom stereocenters. The molecular formula is C24H28N4O4. The molecule has 4 rings (SSSR count). The van der Waals surface area contributed by atoms with Gasteiger partial charge in [-0.05, 0) is 36.2 Å². The zero-order valence-electron chi connectivity index (χ0n) is 18.6. The molecule has 8 heteroatoms. The fraction of sp³-hybridized carbons (Fsp3) is 0.375. The van der Waals surface area contributed by atoms with Crippen LogP contribution >= 0.6 is 0 Å². The van der Waals surface area contributed by atoms with Gasteiger partial charge >= 0.3 is 6.03 Å². The lowest BCUT2D eigenvalue weighted by molar-refractivity contribution is 0.0636. The Hall–Kier alpha value is -3.55. The van der Waals surface area contributed by atoms with E-state index in [9.17, 15) is 14.4 Å². The molecule has 0 aliphatic carbocycles. The Balaban J connectivity index is 1.39. The standard InChI is InChI=1S/C24H28N4O4/c1-16(2)15-28-22(29)18-9-8-17(14-19(18)23(28)30)25-24(31)27-12-10-26(11-13-27)20-6-4-5-7-21(20)32-3/h4-9,14,16H,10-13,15H2,1-3H3,(H,25,31). The second kappa shape index (κ2) is 8.90. The summed E-state index contributed by atoms with van der Waals surface area (Å²) in [6, 6.07) is 12.5. The molecule has 2 aromatic rings. The summed E-state index contributed by atoms with van der Waals surface area (Å²) in [5.74, 6) is 0.421. The van der Waals surface area contributed by atoms with Crippen molar-refractivity contribution in [2.45, 2.75) is 13.8 Å². The molecular weight excluding hydrogens is 408 g/mol. The SMILES string of the molecule is COc1ccccc1N1CCN(C(=O)Nc2ccc3c(c2)C(=O)N(CC(C)C)C3=O)CC1. The number of carbonyl (C=O) groups excluding carboxylic acids is 3. The molecule has 4 amide bonds. The molecule has 1 N–H and O–H groups in total. The fourth-order valence-corrected chi connectivity index (χ4v) is 4.14. The first-order valence-electron chi connectivity index (χ1n) is 10.8. The van der Waals surface area contributed by atoms with Crippen LogP contribution in [-0.2, 0) is 0 Å². The van der Waals surface area contributed by atoms with Crippen molar-refractivity contribution < 1.29 is 19.1 Å². The molecule has 1 saturated heterocycles. The molecule has 2 aliphatic rings. The lowest BCUT2D eigenvalue weighted by Gasteiger charge is -2.36. The van der Waals surface area contributed by atoms with E-state index in [1.165, 1.54) is 4.90 Å². The number of para-hydroxylation sites is 2. The van der Waals surface area contributed by atoms with Crippen molar-refractivity contribution in [3.63, 3.8) is 0 Å². The molecule has 0 saturated carbocycles. The normalized spacial score (nSPS) is 15.9. The monoisotopic (exact) mass is 436 g/mol. The number of carbonyl (C=O) groups is 3. The molecule has 0 radical (unpaired) electrons. The van der Waals surface area contributed by atoms with Crippen molar-refractivity contribution in [1.82, 2.24) is 9.80 Å². The van der Waals surface area contributed by atoms with Gasteiger partial charge in [-0.15, -0.1) is 0 Å². The second-order valence-electron chi connectivity index (χ2n) is 8.45. The van der Waals surface area contributed by atoms with Gasteiger partial charge in [0.2, 0.25) is 0 Å². The van der Waals surface area contributed by atoms with Gasteiger partial charge in [0.25, 0.3) is 11.8 Å². The zero-order chi connectivity index (χ0) is 22.8. The predicted molar refractivity (Wildman–Crippen MR) is 122 cm³/mol. The summed E-state index contributed by atoms with van der Waals surface area (Å²) in [5.41, 5.74) is 2.25. The number of hydrogen-bond acceptors (Lipinski definition) is 5. The maximum atomic E-state index is 12.8. The Kier molecular flexibility index (Phi) is 6.03. The van der Waals surface area contributed by atoms with Gasteiger partial charge in [0, 0.05) is 38.4 Å². The molecule has 0 bridgehead atoms. The van der Waals surface area contributed by atoms with Crippen LogP contribution in [0.3, 0.4) is 0 Å². The van der Waals surface area contributed by atoms with Crippen molar-refractivity contribution in [2.75, 3.05) is 50.1 Å². The Morgan fingerprint density at radius 1 is 1.00 bits per heavy atom. The number of hydrogen-bond donors (Lipinski definition) is 1. The predicted octanol–water partition coefficient (Wildman–Crippen LogP) is 3.30. The highest BCUT2D eigenvalue weighted by atomic mass is 16.5. The molecule has 0 aromatic heterocycles. The summed E-state index contributed by atoms with van der Waals surface area (Å²) >= 11 is 0. The van der Waals surface area contributed by atoms with Crippen LogP contribution in [-0.4, -0.2) is 67.5 Å². The number of nitrogens with one attached hydrogen (secondary N) is 1. The van der Waals surface area contributed by atoms with Gasteiger partial charge in [0.05, 0.1) is 23.9 Å². The van der Waals surface area contributed by atoms with Crippen molar-refractivity contribution in [1.29, 1.82) is 0 Å². The topological polar surface area (TPSA) is 82.2 Å². The van der Waals surface area contributed by atoms with Gasteiger partial charge in [-0.25, -0.2) is 4.79 Å². The van der Waals surface area contributed by atoms with Gasteiger partial charge in [-0.2, -0.15) is 0 Å². The fourth-order valence-electron chi connectivity index (χ4n) is 4.14. The van der Waals surface area contributed by atoms with Crippen molar-refractivity contribution in [3.8, 4) is 5.75 Å². The molecule has 0 unspecified atom stereocenters. The third-order valence-electron chi connectivity index (χ3n) is 5.76. The van der Waals surface area contributed by atoms with Gasteiger partial charge in [0.15, 0.2) is 0 Å². The highest BCUT2D eigenvalue weighted by molar-refractivity contribution is 6.21. The van der Waals surface area contributed by atoms with Crippen LogP contribution in [0.5, 0.6) is 5.75 Å². The largest absolute Gasteiger partial charge is 0.495 e. The van der Waals surface area contributed by atoms with E-state index in [2.05, 4.69) is 10.2 Å². The summed E-state index contributed by atoms with van der Waals surface area (Å²) in [7, 11) is 1.65. The summed E-state index contributed by atoms with van der Waals surface area (Å²) in [6.07, 6.45) is 0. The van der Waals surface area contributed by atoms with E-state index in [1.54, 1.807) is 30.2 Å². The number of amides is 4. The van der Waals surface area contributed by atoms with Gasteiger partial charge in [-0.1, -0.05) is 26.0 Å². The summed E-state index contributed by atoms with van der Waals surface area (Å²) < 4.78 is 5.44. The summed E-state index contributed by atoms with van der Waals surface area (Å²) in [4.78, 5) is 43.2. The van der Waals surface area contributed by atoms with Gasteiger partial charge in [-0.3, -0.25) is 14.5 Å². The van der Waals surface area contributed by atoms with E-state index >= 15 is 0 Å². The zero-order valence-corrected chi connectivity index (χ0v) is 18.6. The summed E-state index contributed by atoms with van der Waals surface area (Å²) in [6.45, 7) is 6.81. The maximum absolute atomic E-state index is 12.8. The number of benzene rings is 2. The summed E-state index contributed by atoms with van der Waals surface area (Å²) in [5, 5.41) is 2.87. The Morgan fingerprint density at radius 2 is 1.69 bits per heavy atom. The highest BCUT2D eigenvalue weighted by Crippen LogP contribution is 2.29. The van der Waals surface area contributed by atoms with E-state index in [0.717, 1.165) is 11.4 Å². The molecule has 32 heavy (non-hydrogen) atoms. The number of piperazine rings is 1. The smallest absolute Gasteiger partial charge is 0.321 e. The average Bonchev–Trinajstić information content (AvgIpc) is 3.03. The van der Waals surface area contributed by atoms with Crippen LogP contribution < -0.4 is 15.0 Å². The van der Waals surface area contributed by atoms with Crippen molar-refractivity contribution >= 4 is 29.2 Å². The second-order valence-corrected chi connectivity index (χ2v) is 8.45. The minimum atomic E-state index is -0.305. The number of anilines is 2. The van der Waals surface area contributed by atoms with Crippen LogP contribution in [0.25, 0.3) is 0 Å². The first-order valence-corrected chi connectivity index (χ1v) is 10.8. The van der Waals surface area contributed by atoms with Crippen LogP contribution in [0.15, 0.2) is 42.5 Å². The van der Waals surface area contributed by atoms with Crippen LogP contribution in [0.2, 0.25) is 0 Å². The number of imide groups is 1. The molecule has 168 valence electrons. The minimum Gasteiger partial charge on any atom is -0.495 e. The number of fused-ring (bicyclic) bond motifs is 1. The quantitative estimate of drug-likeness (QED) is 0.728. The van der Waals surface area contributed by atoms with Crippen LogP contribution in [0, 0.1) is 5.92 Å². The molecule has 2 aromatic carbocycles. The molecule has 0 spiro atoms. The minimum absolute atomic E-state index is 0.186. The lowest BCUT2D eigenvalue weighted by atomic mass is 10.1. The Morgan fingerprint density at radius 3 is 2.38 bits per heavy atom. The number of rotatable bonds is 5. The Labute approximate surface area is 187 Å². The highest BCUT2D eigenvalue weighted by Gasteiger charge is 2.36. The first kappa shape index (κ1) is 21.7. The number of nitrogens with zero attached hydrogens (tertiary/aromatic N) is 3. The number of ether oxygens (including phenoxy) is 1. The first-order chi connectivity index (χ1) is 15.4.